The number of likely N-dealkylation sites (tertiary alicyclic amines) is 1. The van der Waals surface area contributed by atoms with Crippen LogP contribution < -0.4 is 0 Å². The highest BCUT2D eigenvalue weighted by Crippen LogP contribution is 2.18. The first-order valence-corrected chi connectivity index (χ1v) is 4.51. The van der Waals surface area contributed by atoms with Gasteiger partial charge in [-0.15, -0.1) is 11.6 Å². The molecule has 1 aliphatic heterocycles. The Bertz CT molecular complexity index is 158. The zero-order valence-corrected chi connectivity index (χ0v) is 7.77. The van der Waals surface area contributed by atoms with Crippen LogP contribution in [0.5, 0.6) is 0 Å². The van der Waals surface area contributed by atoms with E-state index in [1.165, 1.54) is 0 Å². The first kappa shape index (κ1) is 8.85. The molecule has 0 aromatic heterocycles. The topological polar surface area (TPSA) is 20.3 Å². The van der Waals surface area contributed by atoms with Gasteiger partial charge in [-0.2, -0.15) is 0 Å². The van der Waals surface area contributed by atoms with Crippen LogP contribution in [0.4, 0.5) is 0 Å². The molecule has 1 aliphatic rings. The maximum absolute atomic E-state index is 11.4. The van der Waals surface area contributed by atoms with Crippen molar-refractivity contribution in [3.05, 3.63) is 0 Å². The Balaban J connectivity index is 2.58. The third-order valence-corrected chi connectivity index (χ3v) is 2.44. The fraction of sp³-hybridized carbons (Fsp3) is 0.875. The molecule has 0 aromatic carbocycles. The van der Waals surface area contributed by atoms with Gasteiger partial charge in [0.2, 0.25) is 5.91 Å². The Morgan fingerprint density at radius 1 is 1.64 bits per heavy atom. The summed E-state index contributed by atoms with van der Waals surface area (Å²) in [6, 6.07) is 0.295. The molecule has 0 N–H and O–H groups in total. The summed E-state index contributed by atoms with van der Waals surface area (Å²) in [6.45, 7) is 4.92. The average molecular weight is 176 g/mol. The summed E-state index contributed by atoms with van der Waals surface area (Å²) < 4.78 is 0. The van der Waals surface area contributed by atoms with Gasteiger partial charge in [0.1, 0.15) is 5.38 Å². The minimum absolute atomic E-state index is 0.105. The Hall–Kier alpha value is -0.240. The van der Waals surface area contributed by atoms with Crippen LogP contribution >= 0.6 is 11.6 Å². The normalized spacial score (nSPS) is 26.4. The fourth-order valence-electron chi connectivity index (χ4n) is 1.37. The highest BCUT2D eigenvalue weighted by atomic mass is 35.5. The minimum atomic E-state index is -0.272. The molecule has 3 heteroatoms. The van der Waals surface area contributed by atoms with Crippen molar-refractivity contribution in [2.75, 3.05) is 6.54 Å². The van der Waals surface area contributed by atoms with Gasteiger partial charge in [-0.25, -0.2) is 0 Å². The summed E-state index contributed by atoms with van der Waals surface area (Å²) in [4.78, 5) is 13.2. The Kier molecular flexibility index (Phi) is 2.77. The molecule has 1 saturated heterocycles. The van der Waals surface area contributed by atoms with E-state index in [2.05, 4.69) is 0 Å². The lowest BCUT2D eigenvalue weighted by molar-refractivity contribution is -0.134. The van der Waals surface area contributed by atoms with E-state index >= 15 is 0 Å². The van der Waals surface area contributed by atoms with Gasteiger partial charge in [-0.05, 0) is 26.7 Å². The fourth-order valence-corrected chi connectivity index (χ4v) is 1.65. The van der Waals surface area contributed by atoms with Crippen LogP contribution in [0, 0.1) is 0 Å². The zero-order valence-electron chi connectivity index (χ0n) is 7.01. The maximum atomic E-state index is 11.4. The van der Waals surface area contributed by atoms with Gasteiger partial charge in [0.05, 0.1) is 0 Å². The molecule has 1 rings (SSSR count). The van der Waals surface area contributed by atoms with Crippen molar-refractivity contribution in [1.82, 2.24) is 4.90 Å². The molecule has 64 valence electrons. The van der Waals surface area contributed by atoms with E-state index < -0.39 is 0 Å². The highest BCUT2D eigenvalue weighted by molar-refractivity contribution is 6.30. The van der Waals surface area contributed by atoms with E-state index in [0.29, 0.717) is 6.04 Å². The summed E-state index contributed by atoms with van der Waals surface area (Å²) >= 11 is 5.81. The van der Waals surface area contributed by atoms with Gasteiger partial charge in [-0.1, -0.05) is 0 Å². The monoisotopic (exact) mass is 175 g/mol. The van der Waals surface area contributed by atoms with Crippen LogP contribution in [0.15, 0.2) is 0 Å². The second kappa shape index (κ2) is 3.44. The maximum Gasteiger partial charge on any atom is 0.240 e. The molecule has 1 fully saturated rings. The van der Waals surface area contributed by atoms with E-state index in [1.807, 2.05) is 18.7 Å². The first-order chi connectivity index (χ1) is 5.13. The lowest BCUT2D eigenvalue weighted by Crippen LogP contribution is -2.45. The standard InChI is InChI=1S/C8H14ClNO/c1-6(2)10-5-3-4-7(9)8(10)11/h6-7H,3-5H2,1-2H3. The number of hydrogen-bond acceptors (Lipinski definition) is 1. The van der Waals surface area contributed by atoms with Crippen LogP contribution in [0.2, 0.25) is 0 Å². The Morgan fingerprint density at radius 2 is 2.27 bits per heavy atom. The molecule has 11 heavy (non-hydrogen) atoms. The molecule has 1 atom stereocenters. The molecule has 1 amide bonds. The molecular formula is C8H14ClNO. The second-order valence-corrected chi connectivity index (χ2v) is 3.76. The third kappa shape index (κ3) is 1.86. The van der Waals surface area contributed by atoms with Crippen LogP contribution in [-0.2, 0) is 4.79 Å². The largest absolute Gasteiger partial charge is 0.339 e. The lowest BCUT2D eigenvalue weighted by atomic mass is 10.1. The number of amides is 1. The molecule has 0 saturated carbocycles. The van der Waals surface area contributed by atoms with Gasteiger partial charge in [0, 0.05) is 12.6 Å². The minimum Gasteiger partial charge on any atom is -0.339 e. The number of hydrogen-bond donors (Lipinski definition) is 0. The average Bonchev–Trinajstić information content (AvgIpc) is 1.94. The number of carbonyl (C=O) groups excluding carboxylic acids is 1. The second-order valence-electron chi connectivity index (χ2n) is 3.24. The van der Waals surface area contributed by atoms with Gasteiger partial charge in [0.25, 0.3) is 0 Å². The Labute approximate surface area is 72.5 Å². The SMILES string of the molecule is CC(C)N1CCCC(Cl)C1=O. The van der Waals surface area contributed by atoms with Crippen molar-refractivity contribution in [3.8, 4) is 0 Å². The number of halogens is 1. The smallest absolute Gasteiger partial charge is 0.240 e. The van der Waals surface area contributed by atoms with Crippen molar-refractivity contribution in [2.24, 2.45) is 0 Å². The van der Waals surface area contributed by atoms with Crippen LogP contribution in [0.25, 0.3) is 0 Å². The predicted octanol–water partition coefficient (Wildman–Crippen LogP) is 1.62. The van der Waals surface area contributed by atoms with E-state index in [4.69, 9.17) is 11.6 Å². The van der Waals surface area contributed by atoms with Gasteiger partial charge in [-0.3, -0.25) is 4.79 Å². The Morgan fingerprint density at radius 3 is 2.73 bits per heavy atom. The molecule has 0 radical (unpaired) electrons. The number of piperidine rings is 1. The van der Waals surface area contributed by atoms with Crippen molar-refractivity contribution in [1.29, 1.82) is 0 Å². The molecule has 1 heterocycles. The summed E-state index contributed by atoms with van der Waals surface area (Å²) in [7, 11) is 0. The van der Waals surface area contributed by atoms with Crippen LogP contribution in [-0.4, -0.2) is 28.8 Å². The molecule has 0 aliphatic carbocycles. The summed E-state index contributed by atoms with van der Waals surface area (Å²) in [5.41, 5.74) is 0. The predicted molar refractivity (Wildman–Crippen MR) is 45.7 cm³/mol. The number of carbonyl (C=O) groups is 1. The van der Waals surface area contributed by atoms with Crippen LogP contribution in [0.3, 0.4) is 0 Å². The van der Waals surface area contributed by atoms with Crippen molar-refractivity contribution >= 4 is 17.5 Å². The third-order valence-electron chi connectivity index (χ3n) is 2.03. The van der Waals surface area contributed by atoms with Crippen molar-refractivity contribution < 1.29 is 4.79 Å². The van der Waals surface area contributed by atoms with E-state index in [0.717, 1.165) is 19.4 Å². The van der Waals surface area contributed by atoms with Crippen LogP contribution in [0.1, 0.15) is 26.7 Å². The summed E-state index contributed by atoms with van der Waals surface area (Å²) in [6.07, 6.45) is 1.88. The van der Waals surface area contributed by atoms with E-state index in [1.54, 1.807) is 0 Å². The summed E-state index contributed by atoms with van der Waals surface area (Å²) in [5, 5.41) is -0.272. The van der Waals surface area contributed by atoms with Crippen molar-refractivity contribution in [3.63, 3.8) is 0 Å². The quantitative estimate of drug-likeness (QED) is 0.555. The van der Waals surface area contributed by atoms with Gasteiger partial charge < -0.3 is 4.90 Å². The number of alkyl halides is 1. The van der Waals surface area contributed by atoms with Gasteiger partial charge in [0.15, 0.2) is 0 Å². The lowest BCUT2D eigenvalue weighted by Gasteiger charge is -2.32. The molecule has 2 nitrogen and oxygen atoms in total. The molecule has 0 bridgehead atoms. The molecule has 0 aromatic rings. The summed E-state index contributed by atoms with van der Waals surface area (Å²) in [5.74, 6) is 0.105. The molecule has 1 unspecified atom stereocenters. The highest BCUT2D eigenvalue weighted by Gasteiger charge is 2.27. The van der Waals surface area contributed by atoms with Crippen molar-refractivity contribution in [2.45, 2.75) is 38.1 Å². The first-order valence-electron chi connectivity index (χ1n) is 4.07. The van der Waals surface area contributed by atoms with E-state index in [-0.39, 0.29) is 11.3 Å². The van der Waals surface area contributed by atoms with Gasteiger partial charge >= 0.3 is 0 Å². The van der Waals surface area contributed by atoms with E-state index in [9.17, 15) is 4.79 Å². The molecule has 0 spiro atoms. The zero-order chi connectivity index (χ0) is 8.43. The molecular weight excluding hydrogens is 162 g/mol. The number of rotatable bonds is 1. The number of nitrogens with zero attached hydrogens (tertiary/aromatic N) is 1.